The fourth-order valence-corrected chi connectivity index (χ4v) is 9.71. The van der Waals surface area contributed by atoms with Crippen molar-refractivity contribution in [3.8, 4) is 27.3 Å². The van der Waals surface area contributed by atoms with Gasteiger partial charge in [-0.3, -0.25) is 19.6 Å². The number of hydrogen-bond acceptors (Lipinski definition) is 8. The minimum atomic E-state index is 0.451. The Labute approximate surface area is 291 Å². The normalized spacial score (nSPS) is 16.9. The minimum Gasteiger partial charge on any atom is -0.507 e. The van der Waals surface area contributed by atoms with Crippen LogP contribution in [0.4, 0.5) is 0 Å². The molecule has 8 heteroatoms. The van der Waals surface area contributed by atoms with Gasteiger partial charge in [0.1, 0.15) is 9.57 Å². The minimum absolute atomic E-state index is 0.451. The number of phenols is 1. The van der Waals surface area contributed by atoms with E-state index in [2.05, 4.69) is 123 Å². The van der Waals surface area contributed by atoms with Crippen LogP contribution < -0.4 is 0 Å². The molecule has 0 radical (unpaired) electrons. The molecule has 242 valence electrons. The van der Waals surface area contributed by atoms with Gasteiger partial charge >= 0.3 is 0 Å². The second-order valence-electron chi connectivity index (χ2n) is 12.7. The highest BCUT2D eigenvalue weighted by atomic mass is 32.9. The van der Waals surface area contributed by atoms with Gasteiger partial charge in [0.25, 0.3) is 0 Å². The van der Waals surface area contributed by atoms with Crippen LogP contribution in [0, 0.1) is 3.82 Å². The molecule has 0 amide bonds. The molecule has 0 atom stereocenters. The Morgan fingerprint density at radius 3 is 1.36 bits per heavy atom. The maximum absolute atomic E-state index is 11.8. The Morgan fingerprint density at radius 2 is 0.915 bits per heavy atom. The van der Waals surface area contributed by atoms with Crippen molar-refractivity contribution < 1.29 is 5.11 Å². The molecule has 2 saturated heterocycles. The van der Waals surface area contributed by atoms with Gasteiger partial charge < -0.3 is 5.11 Å². The first-order valence-corrected chi connectivity index (χ1v) is 19.2. The summed E-state index contributed by atoms with van der Waals surface area (Å²) < 4.78 is 0.927. The predicted molar refractivity (Wildman–Crippen MR) is 200 cm³/mol. The van der Waals surface area contributed by atoms with Crippen LogP contribution in [0.15, 0.2) is 103 Å². The molecule has 5 nitrogen and oxygen atoms in total. The monoisotopic (exact) mass is 678 g/mol. The highest BCUT2D eigenvalue weighted by Gasteiger charge is 2.24. The average molecular weight is 679 g/mol. The highest BCUT2D eigenvalue weighted by molar-refractivity contribution is 7.80. The molecule has 1 N–H and O–H groups in total. The lowest BCUT2D eigenvalue weighted by Gasteiger charge is -2.36. The molecule has 0 unspecified atom stereocenters. The molecule has 5 aromatic rings. The molecule has 2 fully saturated rings. The molecular formula is C39H42N4OS3. The van der Waals surface area contributed by atoms with E-state index in [0.717, 1.165) is 110 Å². The van der Waals surface area contributed by atoms with Gasteiger partial charge in [-0.15, -0.1) is 0 Å². The summed E-state index contributed by atoms with van der Waals surface area (Å²) in [5.41, 5.74) is 8.22. The van der Waals surface area contributed by atoms with E-state index in [4.69, 9.17) is 12.2 Å². The smallest absolute Gasteiger partial charge is 0.124 e. The standard InChI is InChI=1S/C39H42N4OS3/c44-37-34(28-42-20-16-40(17-21-42)26-30-10-4-1-5-11-30)24-33(38-36(39(45)47-46-38)32-14-8-3-9-15-32)25-35(37)29-43-22-18-41(19-23-43)27-31-12-6-2-7-13-31/h1-15,24-25,44H,16-23,26-29H2. The fourth-order valence-electron chi connectivity index (χ4n) is 6.81. The largest absolute Gasteiger partial charge is 0.507 e. The molecule has 4 aromatic carbocycles. The van der Waals surface area contributed by atoms with Gasteiger partial charge in [-0.05, 0) is 34.4 Å². The number of phenolic OH excluding ortho intramolecular Hbond substituents is 1. The van der Waals surface area contributed by atoms with Crippen molar-refractivity contribution in [2.45, 2.75) is 26.2 Å². The van der Waals surface area contributed by atoms with Crippen LogP contribution >= 0.6 is 32.9 Å². The van der Waals surface area contributed by atoms with Gasteiger partial charge in [0.2, 0.25) is 0 Å². The van der Waals surface area contributed by atoms with Crippen LogP contribution in [0.1, 0.15) is 22.3 Å². The maximum atomic E-state index is 11.8. The van der Waals surface area contributed by atoms with Gasteiger partial charge in [-0.1, -0.05) is 124 Å². The Hall–Kier alpha value is -3.21. The zero-order valence-electron chi connectivity index (χ0n) is 26.8. The number of benzene rings is 4. The van der Waals surface area contributed by atoms with E-state index in [0.29, 0.717) is 5.75 Å². The van der Waals surface area contributed by atoms with Crippen molar-refractivity contribution in [3.63, 3.8) is 0 Å². The van der Waals surface area contributed by atoms with E-state index in [9.17, 15) is 5.11 Å². The molecule has 0 aliphatic carbocycles. The Kier molecular flexibility index (Phi) is 10.6. The number of aromatic hydroxyl groups is 1. The van der Waals surface area contributed by atoms with Crippen LogP contribution in [-0.2, 0) is 26.2 Å². The lowest BCUT2D eigenvalue weighted by Crippen LogP contribution is -2.45. The van der Waals surface area contributed by atoms with Gasteiger partial charge in [0, 0.05) is 95.2 Å². The molecule has 1 aromatic heterocycles. The van der Waals surface area contributed by atoms with Crippen molar-refractivity contribution in [3.05, 3.63) is 129 Å². The zero-order chi connectivity index (χ0) is 32.0. The first-order valence-electron chi connectivity index (χ1n) is 16.6. The number of rotatable bonds is 10. The van der Waals surface area contributed by atoms with E-state index >= 15 is 0 Å². The molecule has 0 saturated carbocycles. The van der Waals surface area contributed by atoms with E-state index in [1.54, 1.807) is 20.7 Å². The summed E-state index contributed by atoms with van der Waals surface area (Å²) in [5.74, 6) is 0.451. The summed E-state index contributed by atoms with van der Waals surface area (Å²) in [7, 11) is 3.43. The second kappa shape index (κ2) is 15.3. The van der Waals surface area contributed by atoms with Crippen LogP contribution in [0.2, 0.25) is 0 Å². The van der Waals surface area contributed by atoms with Crippen molar-refractivity contribution in [2.75, 3.05) is 52.4 Å². The molecule has 7 rings (SSSR count). The van der Waals surface area contributed by atoms with Gasteiger partial charge in [0.15, 0.2) is 0 Å². The molecule has 0 bridgehead atoms. The fraction of sp³-hybridized carbons (Fsp3) is 0.308. The van der Waals surface area contributed by atoms with Crippen LogP contribution in [0.25, 0.3) is 21.6 Å². The molecule has 3 heterocycles. The van der Waals surface area contributed by atoms with E-state index in [-0.39, 0.29) is 0 Å². The lowest BCUT2D eigenvalue weighted by molar-refractivity contribution is 0.119. The second-order valence-corrected chi connectivity index (χ2v) is 15.6. The van der Waals surface area contributed by atoms with Gasteiger partial charge in [-0.25, -0.2) is 0 Å². The van der Waals surface area contributed by atoms with E-state index in [1.807, 2.05) is 0 Å². The molecule has 47 heavy (non-hydrogen) atoms. The summed E-state index contributed by atoms with van der Waals surface area (Å²) >= 11 is 5.88. The Morgan fingerprint density at radius 1 is 0.511 bits per heavy atom. The molecular weight excluding hydrogens is 637 g/mol. The summed E-state index contributed by atoms with van der Waals surface area (Å²) in [6.07, 6.45) is 0. The number of piperazine rings is 2. The van der Waals surface area contributed by atoms with Crippen LogP contribution in [0.5, 0.6) is 5.75 Å². The third kappa shape index (κ3) is 8.09. The van der Waals surface area contributed by atoms with Crippen molar-refractivity contribution >= 4 is 32.9 Å². The van der Waals surface area contributed by atoms with Crippen molar-refractivity contribution in [1.82, 2.24) is 19.6 Å². The SMILES string of the molecule is Oc1c(CN2CCN(Cc3ccccc3)CC2)cc(-c2ssc(=S)c2-c2ccccc2)cc1CN1CCN(Cc2ccccc2)CC1. The summed E-state index contributed by atoms with van der Waals surface area (Å²) in [6, 6.07) is 36.5. The topological polar surface area (TPSA) is 33.2 Å². The van der Waals surface area contributed by atoms with Crippen LogP contribution in [0.3, 0.4) is 0 Å². The highest BCUT2D eigenvalue weighted by Crippen LogP contribution is 2.43. The number of nitrogens with zero attached hydrogens (tertiary/aromatic N) is 4. The van der Waals surface area contributed by atoms with Crippen molar-refractivity contribution in [1.29, 1.82) is 0 Å². The Balaban J connectivity index is 1.11. The third-order valence-electron chi connectivity index (χ3n) is 9.44. The first-order chi connectivity index (χ1) is 23.1. The average Bonchev–Trinajstić information content (AvgIpc) is 3.50. The maximum Gasteiger partial charge on any atom is 0.124 e. The quantitative estimate of drug-likeness (QED) is 0.119. The summed E-state index contributed by atoms with van der Waals surface area (Å²) in [5, 5.41) is 11.8. The van der Waals surface area contributed by atoms with Crippen molar-refractivity contribution in [2.24, 2.45) is 0 Å². The van der Waals surface area contributed by atoms with E-state index in [1.165, 1.54) is 16.0 Å². The van der Waals surface area contributed by atoms with Crippen LogP contribution in [-0.4, -0.2) is 77.1 Å². The zero-order valence-corrected chi connectivity index (χ0v) is 29.2. The predicted octanol–water partition coefficient (Wildman–Crippen LogP) is 8.21. The molecule has 2 aliphatic rings. The molecule has 0 spiro atoms. The van der Waals surface area contributed by atoms with Gasteiger partial charge in [0.05, 0.1) is 4.88 Å². The summed E-state index contributed by atoms with van der Waals surface area (Å²) in [4.78, 5) is 11.3. The summed E-state index contributed by atoms with van der Waals surface area (Å²) in [6.45, 7) is 11.5. The van der Waals surface area contributed by atoms with Gasteiger partial charge in [-0.2, -0.15) is 0 Å². The third-order valence-corrected chi connectivity index (χ3v) is 12.5. The Bertz CT molecular complexity index is 1710. The first kappa shape index (κ1) is 32.3. The lowest BCUT2D eigenvalue weighted by atomic mass is 9.98. The number of hydrogen-bond donors (Lipinski definition) is 1. The molecule has 2 aliphatic heterocycles. The van der Waals surface area contributed by atoms with E-state index < -0.39 is 0 Å².